The molecular formula is C38H50N4O5. The summed E-state index contributed by atoms with van der Waals surface area (Å²) in [7, 11) is 0. The Morgan fingerprint density at radius 3 is 2.30 bits per heavy atom. The number of unbranched alkanes of at least 4 members (excludes halogenated alkanes) is 5. The van der Waals surface area contributed by atoms with E-state index in [2.05, 4.69) is 24.1 Å². The van der Waals surface area contributed by atoms with Gasteiger partial charge in [-0.2, -0.15) is 0 Å². The van der Waals surface area contributed by atoms with Gasteiger partial charge in [-0.3, -0.25) is 14.4 Å². The van der Waals surface area contributed by atoms with Crippen LogP contribution in [0.1, 0.15) is 96.2 Å². The molecule has 0 fully saturated rings. The molecule has 0 aliphatic carbocycles. The van der Waals surface area contributed by atoms with Gasteiger partial charge in [-0.25, -0.2) is 4.79 Å². The summed E-state index contributed by atoms with van der Waals surface area (Å²) < 4.78 is 5.45. The summed E-state index contributed by atoms with van der Waals surface area (Å²) in [6.45, 7) is 11.4. The third kappa shape index (κ3) is 11.9. The second-order valence-corrected chi connectivity index (χ2v) is 12.8. The molecule has 4 N–H and O–H groups in total. The molecule has 0 bridgehead atoms. The van der Waals surface area contributed by atoms with E-state index in [4.69, 9.17) is 10.5 Å². The molecule has 0 heterocycles. The number of primary amides is 1. The molecule has 3 rings (SSSR count). The molecule has 9 nitrogen and oxygen atoms in total. The number of nitrogens with one attached hydrogen (secondary N) is 2. The van der Waals surface area contributed by atoms with Gasteiger partial charge in [-0.05, 0) is 73.7 Å². The zero-order valence-corrected chi connectivity index (χ0v) is 28.2. The Morgan fingerprint density at radius 1 is 0.915 bits per heavy atom. The Hall–Kier alpha value is -4.66. The predicted molar refractivity (Wildman–Crippen MR) is 189 cm³/mol. The summed E-state index contributed by atoms with van der Waals surface area (Å²) in [5, 5.41) is 7.69. The number of carbonyl (C=O) groups is 4. The fraction of sp³-hybridized carbons (Fsp3) is 0.421. The minimum atomic E-state index is -1.16. The van der Waals surface area contributed by atoms with E-state index in [9.17, 15) is 19.2 Å². The zero-order valence-electron chi connectivity index (χ0n) is 28.2. The number of hydrogen-bond acceptors (Lipinski definition) is 5. The Labute approximate surface area is 278 Å². The Kier molecular flexibility index (Phi) is 14.0. The highest BCUT2D eigenvalue weighted by Crippen LogP contribution is 2.28. The lowest BCUT2D eigenvalue weighted by atomic mass is 9.98. The monoisotopic (exact) mass is 642 g/mol. The molecule has 0 saturated carbocycles. The van der Waals surface area contributed by atoms with Crippen LogP contribution >= 0.6 is 0 Å². The van der Waals surface area contributed by atoms with Gasteiger partial charge in [0, 0.05) is 18.7 Å². The summed E-state index contributed by atoms with van der Waals surface area (Å²) in [5.74, 6) is -1.53. The highest BCUT2D eigenvalue weighted by atomic mass is 16.6. The van der Waals surface area contributed by atoms with Crippen LogP contribution < -0.4 is 16.4 Å². The largest absolute Gasteiger partial charge is 0.444 e. The maximum absolute atomic E-state index is 14.5. The number of nitrogens with zero attached hydrogens (tertiary/aromatic N) is 1. The second kappa shape index (κ2) is 17.9. The summed E-state index contributed by atoms with van der Waals surface area (Å²) in [5.41, 5.74) is 6.61. The van der Waals surface area contributed by atoms with Crippen LogP contribution in [-0.4, -0.2) is 46.9 Å². The Morgan fingerprint density at radius 2 is 1.62 bits per heavy atom. The van der Waals surface area contributed by atoms with Crippen LogP contribution in [0, 0.1) is 0 Å². The van der Waals surface area contributed by atoms with Gasteiger partial charge in [0.05, 0.1) is 0 Å². The molecule has 9 heteroatoms. The average Bonchev–Trinajstić information content (AvgIpc) is 3.02. The first-order valence-corrected chi connectivity index (χ1v) is 16.5. The molecular weight excluding hydrogens is 592 g/mol. The van der Waals surface area contributed by atoms with E-state index in [-0.39, 0.29) is 19.4 Å². The van der Waals surface area contributed by atoms with Gasteiger partial charge in [0.25, 0.3) is 5.91 Å². The van der Waals surface area contributed by atoms with Crippen molar-refractivity contribution in [3.63, 3.8) is 0 Å². The molecule has 0 aromatic heterocycles. The van der Waals surface area contributed by atoms with Crippen LogP contribution in [0.25, 0.3) is 16.8 Å². The minimum Gasteiger partial charge on any atom is -0.444 e. The number of anilines is 1. The topological polar surface area (TPSA) is 131 Å². The molecule has 0 aliphatic rings. The maximum atomic E-state index is 14.5. The maximum Gasteiger partial charge on any atom is 0.408 e. The lowest BCUT2D eigenvalue weighted by molar-refractivity contribution is -0.141. The zero-order chi connectivity index (χ0) is 34.4. The average molecular weight is 643 g/mol. The first kappa shape index (κ1) is 36.8. The van der Waals surface area contributed by atoms with E-state index in [1.807, 2.05) is 60.7 Å². The number of ether oxygens (including phenoxy) is 1. The van der Waals surface area contributed by atoms with Crippen molar-refractivity contribution >= 4 is 46.4 Å². The summed E-state index contributed by atoms with van der Waals surface area (Å²) >= 11 is 0. The van der Waals surface area contributed by atoms with E-state index >= 15 is 0 Å². The number of fused-ring (bicyclic) bond motifs is 1. The standard InChI is InChI=1S/C38H50N4O5/c1-6-8-9-10-11-14-24-42(36(45)32(22-23-33(39)43)41-37(46)47-38(3,4)5)34(30-19-15-16-27(7-2)25-30)35(44)40-31-21-20-28-17-12-13-18-29(28)26-31/h7,12-13,15-21,25-26,32,34H,2,6,8-11,14,22-24H2,1,3-5H3,(H2,39,43)(H,40,44)(H,41,46). The van der Waals surface area contributed by atoms with Gasteiger partial charge in [-0.1, -0.05) is 100 Å². The van der Waals surface area contributed by atoms with Crippen molar-refractivity contribution in [3.8, 4) is 0 Å². The molecule has 2 atom stereocenters. The third-order valence-corrected chi connectivity index (χ3v) is 7.74. The van der Waals surface area contributed by atoms with Crippen molar-refractivity contribution in [1.29, 1.82) is 0 Å². The fourth-order valence-corrected chi connectivity index (χ4v) is 5.43. The molecule has 3 aromatic carbocycles. The van der Waals surface area contributed by atoms with Gasteiger partial charge in [0.1, 0.15) is 17.7 Å². The van der Waals surface area contributed by atoms with Crippen LogP contribution in [0.15, 0.2) is 73.3 Å². The smallest absolute Gasteiger partial charge is 0.408 e. The molecule has 0 radical (unpaired) electrons. The highest BCUT2D eigenvalue weighted by Gasteiger charge is 2.36. The van der Waals surface area contributed by atoms with Gasteiger partial charge >= 0.3 is 6.09 Å². The van der Waals surface area contributed by atoms with E-state index in [1.54, 1.807) is 32.9 Å². The molecule has 47 heavy (non-hydrogen) atoms. The van der Waals surface area contributed by atoms with Crippen LogP contribution in [0.2, 0.25) is 0 Å². The Bertz CT molecular complexity index is 1530. The lowest BCUT2D eigenvalue weighted by Crippen LogP contribution is -2.52. The summed E-state index contributed by atoms with van der Waals surface area (Å²) in [4.78, 5) is 55.1. The van der Waals surface area contributed by atoms with Crippen molar-refractivity contribution < 1.29 is 23.9 Å². The number of alkyl carbamates (subject to hydrolysis) is 1. The van der Waals surface area contributed by atoms with Crippen molar-refractivity contribution in [1.82, 2.24) is 10.2 Å². The third-order valence-electron chi connectivity index (χ3n) is 7.74. The normalized spacial score (nSPS) is 12.5. The number of amides is 4. The lowest BCUT2D eigenvalue weighted by Gasteiger charge is -2.34. The van der Waals surface area contributed by atoms with E-state index in [0.29, 0.717) is 17.7 Å². The molecule has 0 spiro atoms. The second-order valence-electron chi connectivity index (χ2n) is 12.8. The van der Waals surface area contributed by atoms with Gasteiger partial charge in [0.2, 0.25) is 11.8 Å². The number of carbonyl (C=O) groups excluding carboxylic acids is 4. The summed E-state index contributed by atoms with van der Waals surface area (Å²) in [6, 6.07) is 18.6. The number of hydrogen-bond donors (Lipinski definition) is 3. The molecule has 4 amide bonds. The van der Waals surface area contributed by atoms with Crippen molar-refractivity contribution in [2.75, 3.05) is 11.9 Å². The fourth-order valence-electron chi connectivity index (χ4n) is 5.43. The predicted octanol–water partition coefficient (Wildman–Crippen LogP) is 7.51. The van der Waals surface area contributed by atoms with E-state index in [0.717, 1.165) is 48.4 Å². The number of nitrogens with two attached hydrogens (primary N) is 1. The van der Waals surface area contributed by atoms with Crippen LogP contribution in [0.4, 0.5) is 10.5 Å². The molecule has 3 aromatic rings. The molecule has 0 saturated heterocycles. The first-order valence-electron chi connectivity index (χ1n) is 16.5. The van der Waals surface area contributed by atoms with Crippen LogP contribution in [-0.2, 0) is 19.1 Å². The van der Waals surface area contributed by atoms with Crippen molar-refractivity contribution in [3.05, 3.63) is 84.4 Å². The van der Waals surface area contributed by atoms with Gasteiger partial charge in [-0.15, -0.1) is 0 Å². The van der Waals surface area contributed by atoms with Crippen LogP contribution in [0.3, 0.4) is 0 Å². The quantitative estimate of drug-likeness (QED) is 0.131. The van der Waals surface area contributed by atoms with E-state index < -0.39 is 41.5 Å². The molecule has 0 aliphatic heterocycles. The van der Waals surface area contributed by atoms with E-state index in [1.165, 1.54) is 4.90 Å². The van der Waals surface area contributed by atoms with Crippen molar-refractivity contribution in [2.24, 2.45) is 5.73 Å². The van der Waals surface area contributed by atoms with Crippen molar-refractivity contribution in [2.45, 2.75) is 96.7 Å². The minimum absolute atomic E-state index is 0.0495. The highest BCUT2D eigenvalue weighted by molar-refractivity contribution is 6.00. The molecule has 252 valence electrons. The first-order chi connectivity index (χ1) is 22.4. The number of rotatable bonds is 17. The molecule has 2 unspecified atom stereocenters. The van der Waals surface area contributed by atoms with Crippen LogP contribution in [0.5, 0.6) is 0 Å². The van der Waals surface area contributed by atoms with Gasteiger partial charge < -0.3 is 26.0 Å². The Balaban J connectivity index is 2.05. The SMILES string of the molecule is C=Cc1cccc(C(C(=O)Nc2ccc3ccccc3c2)N(CCCCCCCC)C(=O)C(CCC(N)=O)NC(=O)OC(C)(C)C)c1. The van der Waals surface area contributed by atoms with Gasteiger partial charge in [0.15, 0.2) is 0 Å². The summed E-state index contributed by atoms with van der Waals surface area (Å²) in [6.07, 6.45) is 6.51. The number of benzene rings is 3.